The van der Waals surface area contributed by atoms with E-state index in [9.17, 15) is 25.0 Å². The number of nitrogens with one attached hydrogen (secondary N) is 2. The van der Waals surface area contributed by atoms with Gasteiger partial charge in [-0.25, -0.2) is 4.99 Å². The first-order chi connectivity index (χ1) is 17.2. The molecule has 0 fully saturated rings. The predicted molar refractivity (Wildman–Crippen MR) is 135 cm³/mol. The molecule has 0 aliphatic carbocycles. The number of aliphatic imine (C=N–C) groups is 1. The summed E-state index contributed by atoms with van der Waals surface area (Å²) in [7, 11) is 1.61. The van der Waals surface area contributed by atoms with Crippen LogP contribution in [0.25, 0.3) is 0 Å². The standard InChI is InChI=1S/C24H21Cl2N5O5/c1-29-21-16(5-2-3-12-27-21)22(32)30(24(29)35)15-10-8-14(9-11-15)13-19(23(33)34)28-31(36)20-17(25)6-4-7-18(20)26/h3-12,19,24,28,31,35H,13H2,1H3,(H,33,34)/t19-,24?/m0/s1. The molecule has 0 radical (unpaired) electrons. The predicted octanol–water partition coefficient (Wildman–Crippen LogP) is 1.77. The van der Waals surface area contributed by atoms with Crippen molar-refractivity contribution < 1.29 is 25.0 Å². The Kier molecular flexibility index (Phi) is 7.58. The van der Waals surface area contributed by atoms with Crippen LogP contribution in [-0.4, -0.2) is 52.6 Å². The number of aliphatic carboxylic acids is 1. The maximum atomic E-state index is 13.1. The van der Waals surface area contributed by atoms with Crippen molar-refractivity contribution >= 4 is 52.7 Å². The van der Waals surface area contributed by atoms with Gasteiger partial charge in [-0.1, -0.05) is 41.4 Å². The highest BCUT2D eigenvalue weighted by molar-refractivity contribution is 6.38. The van der Waals surface area contributed by atoms with E-state index >= 15 is 0 Å². The van der Waals surface area contributed by atoms with Crippen LogP contribution >= 0.6 is 23.2 Å². The molecule has 0 aromatic heterocycles. The van der Waals surface area contributed by atoms with Gasteiger partial charge in [0, 0.05) is 25.4 Å². The molecule has 2 aliphatic heterocycles. The zero-order valence-electron chi connectivity index (χ0n) is 18.9. The lowest BCUT2D eigenvalue weighted by Crippen LogP contribution is -3.11. The van der Waals surface area contributed by atoms with Crippen molar-refractivity contribution in [2.45, 2.75) is 18.8 Å². The number of amides is 1. The molecular weight excluding hydrogens is 509 g/mol. The summed E-state index contributed by atoms with van der Waals surface area (Å²) in [5, 5.41) is 32.6. The number of quaternary nitrogens is 1. The SMILES string of the molecule is CN1C2=C(C=C=CC=N2)C(=O)N(c2ccc(C[C@H](N[NH+]([O-])c3c(Cl)cccc3Cl)C(=O)O)cc2)C1O. The number of hydrogen-bond acceptors (Lipinski definition) is 7. The van der Waals surface area contributed by atoms with Gasteiger partial charge in [-0.15, -0.1) is 11.2 Å². The van der Waals surface area contributed by atoms with E-state index in [1.165, 1.54) is 34.2 Å². The van der Waals surface area contributed by atoms with E-state index in [4.69, 9.17) is 23.2 Å². The second-order valence-electron chi connectivity index (χ2n) is 7.96. The number of hydrogen-bond donors (Lipinski definition) is 4. The number of rotatable bonds is 7. The largest absolute Gasteiger partial charge is 0.608 e. The maximum absolute atomic E-state index is 13.1. The first-order valence-electron chi connectivity index (χ1n) is 10.7. The monoisotopic (exact) mass is 529 g/mol. The third-order valence-electron chi connectivity index (χ3n) is 5.64. The maximum Gasteiger partial charge on any atom is 0.326 e. The average molecular weight is 530 g/mol. The Labute approximate surface area is 216 Å². The molecule has 12 heteroatoms. The summed E-state index contributed by atoms with van der Waals surface area (Å²) < 4.78 is 0. The summed E-state index contributed by atoms with van der Waals surface area (Å²) in [4.78, 5) is 31.8. The molecule has 2 aliphatic rings. The molecule has 2 aromatic rings. The minimum Gasteiger partial charge on any atom is -0.608 e. The van der Waals surface area contributed by atoms with Crippen LogP contribution in [0.3, 0.4) is 0 Å². The Morgan fingerprint density at radius 3 is 2.56 bits per heavy atom. The van der Waals surface area contributed by atoms with Crippen molar-refractivity contribution in [3.63, 3.8) is 0 Å². The Hall–Kier alpha value is -3.47. The third kappa shape index (κ3) is 5.06. The van der Waals surface area contributed by atoms with E-state index in [-0.39, 0.29) is 27.7 Å². The summed E-state index contributed by atoms with van der Waals surface area (Å²) in [5.41, 5.74) is 6.51. The van der Waals surface area contributed by atoms with E-state index in [1.54, 1.807) is 43.5 Å². The van der Waals surface area contributed by atoms with Gasteiger partial charge in [0.1, 0.15) is 15.9 Å². The van der Waals surface area contributed by atoms with E-state index in [0.29, 0.717) is 17.1 Å². The highest BCUT2D eigenvalue weighted by Gasteiger charge is 2.37. The Morgan fingerprint density at radius 1 is 1.25 bits per heavy atom. The van der Waals surface area contributed by atoms with Gasteiger partial charge >= 0.3 is 5.97 Å². The molecule has 0 saturated carbocycles. The second kappa shape index (κ2) is 10.7. The Balaban J connectivity index is 1.53. The van der Waals surface area contributed by atoms with Gasteiger partial charge in [-0.05, 0) is 42.0 Å². The van der Waals surface area contributed by atoms with Crippen LogP contribution in [0.1, 0.15) is 5.56 Å². The fourth-order valence-corrected chi connectivity index (χ4v) is 4.37. The number of anilines is 1. The normalized spacial score (nSPS) is 18.8. The van der Waals surface area contributed by atoms with Gasteiger partial charge in [0.05, 0.1) is 5.57 Å². The first-order valence-corrected chi connectivity index (χ1v) is 11.4. The molecule has 0 spiro atoms. The molecule has 10 nitrogen and oxygen atoms in total. The molecule has 2 heterocycles. The van der Waals surface area contributed by atoms with Crippen LogP contribution in [0.4, 0.5) is 11.4 Å². The molecule has 4 rings (SSSR count). The smallest absolute Gasteiger partial charge is 0.326 e. The summed E-state index contributed by atoms with van der Waals surface area (Å²) >= 11 is 12.1. The molecule has 1 amide bonds. The molecule has 2 aromatic carbocycles. The molecule has 0 saturated heterocycles. The number of halogens is 2. The molecular formula is C24H21Cl2N5O5. The zero-order chi connectivity index (χ0) is 26.0. The second-order valence-corrected chi connectivity index (χ2v) is 8.77. The van der Waals surface area contributed by atoms with Crippen LogP contribution < -0.4 is 15.5 Å². The van der Waals surface area contributed by atoms with E-state index in [1.807, 2.05) is 0 Å². The number of carbonyl (C=O) groups excluding carboxylic acids is 1. The van der Waals surface area contributed by atoms with Crippen molar-refractivity contribution in [3.05, 3.63) is 92.6 Å². The highest BCUT2D eigenvalue weighted by atomic mass is 35.5. The zero-order valence-corrected chi connectivity index (χ0v) is 20.4. The van der Waals surface area contributed by atoms with Gasteiger partial charge in [0.25, 0.3) is 5.91 Å². The van der Waals surface area contributed by atoms with Crippen LogP contribution in [0.15, 0.2) is 76.7 Å². The first kappa shape index (κ1) is 25.6. The fraction of sp³-hybridized carbons (Fsp3) is 0.167. The summed E-state index contributed by atoms with van der Waals surface area (Å²) in [6.45, 7) is 0. The molecule has 4 N–H and O–H groups in total. The van der Waals surface area contributed by atoms with Crippen LogP contribution in [0.5, 0.6) is 0 Å². The van der Waals surface area contributed by atoms with Gasteiger partial charge in [0.15, 0.2) is 11.7 Å². The number of carbonyl (C=O) groups is 2. The Bertz CT molecular complexity index is 1300. The fourth-order valence-electron chi connectivity index (χ4n) is 3.80. The number of benzene rings is 2. The van der Waals surface area contributed by atoms with Gasteiger partial charge in [-0.2, -0.15) is 0 Å². The minimum atomic E-state index is -1.31. The quantitative estimate of drug-likeness (QED) is 0.317. The van der Waals surface area contributed by atoms with Crippen molar-refractivity contribution in [3.8, 4) is 0 Å². The number of aliphatic hydroxyl groups is 1. The number of carboxylic acids is 1. The van der Waals surface area contributed by atoms with E-state index in [0.717, 1.165) is 0 Å². The molecule has 3 atom stereocenters. The van der Waals surface area contributed by atoms with E-state index < -0.39 is 29.4 Å². The van der Waals surface area contributed by atoms with Crippen molar-refractivity contribution in [2.24, 2.45) is 4.99 Å². The van der Waals surface area contributed by atoms with Crippen LogP contribution in [0.2, 0.25) is 10.0 Å². The lowest BCUT2D eigenvalue weighted by Gasteiger charge is -2.39. The number of carboxylic acid groups (broad SMARTS) is 1. The summed E-state index contributed by atoms with van der Waals surface area (Å²) in [6.07, 6.45) is 3.19. The minimum absolute atomic E-state index is 0.00966. The molecule has 36 heavy (non-hydrogen) atoms. The van der Waals surface area contributed by atoms with Crippen molar-refractivity contribution in [1.82, 2.24) is 10.3 Å². The lowest BCUT2D eigenvalue weighted by molar-refractivity contribution is -0.831. The van der Waals surface area contributed by atoms with Gasteiger partial charge < -0.3 is 20.3 Å². The van der Waals surface area contributed by atoms with Gasteiger partial charge in [0.2, 0.25) is 6.35 Å². The highest BCUT2D eigenvalue weighted by Crippen LogP contribution is 2.30. The van der Waals surface area contributed by atoms with Crippen LogP contribution in [-0.2, 0) is 16.0 Å². The molecule has 2 unspecified atom stereocenters. The topological polar surface area (TPSA) is 133 Å². The number of nitrogens with zero attached hydrogens (tertiary/aromatic N) is 3. The van der Waals surface area contributed by atoms with Gasteiger partial charge in [-0.3, -0.25) is 19.7 Å². The molecule has 0 bridgehead atoms. The van der Waals surface area contributed by atoms with Crippen molar-refractivity contribution in [1.29, 1.82) is 0 Å². The lowest BCUT2D eigenvalue weighted by atomic mass is 10.0. The number of para-hydroxylation sites is 1. The van der Waals surface area contributed by atoms with E-state index in [2.05, 4.69) is 16.1 Å². The number of aliphatic hydroxyl groups excluding tert-OH is 1. The average Bonchev–Trinajstić information content (AvgIpc) is 3.10. The summed E-state index contributed by atoms with van der Waals surface area (Å²) in [6, 6.07) is 9.68. The third-order valence-corrected chi connectivity index (χ3v) is 6.27. The Morgan fingerprint density at radius 2 is 1.92 bits per heavy atom. The molecule has 186 valence electrons. The summed E-state index contributed by atoms with van der Waals surface area (Å²) in [5.74, 6) is -1.39. The van der Waals surface area contributed by atoms with Crippen molar-refractivity contribution in [2.75, 3.05) is 11.9 Å². The van der Waals surface area contributed by atoms with Crippen LogP contribution in [0, 0.1) is 5.21 Å².